The first-order valence-corrected chi connectivity index (χ1v) is 10.1. The quantitative estimate of drug-likeness (QED) is 0.438. The van der Waals surface area contributed by atoms with Gasteiger partial charge in [0.05, 0.1) is 35.0 Å². The molecule has 0 unspecified atom stereocenters. The van der Waals surface area contributed by atoms with E-state index in [-0.39, 0.29) is 17.5 Å². The van der Waals surface area contributed by atoms with Crippen LogP contribution in [0.15, 0.2) is 64.5 Å². The van der Waals surface area contributed by atoms with Crippen molar-refractivity contribution in [1.29, 1.82) is 10.5 Å². The Kier molecular flexibility index (Phi) is 6.47. The zero-order valence-electron chi connectivity index (χ0n) is 15.6. The highest BCUT2D eigenvalue weighted by Crippen LogP contribution is 2.27. The Balaban J connectivity index is 2.04. The fourth-order valence-electron chi connectivity index (χ4n) is 3.05. The molecule has 2 atom stereocenters. The summed E-state index contributed by atoms with van der Waals surface area (Å²) in [5.41, 5.74) is 1.58. The van der Waals surface area contributed by atoms with Crippen LogP contribution in [0, 0.1) is 28.6 Å². The minimum Gasteiger partial charge on any atom is -0.280 e. The van der Waals surface area contributed by atoms with E-state index in [2.05, 4.69) is 12.1 Å². The van der Waals surface area contributed by atoms with Gasteiger partial charge in [-0.3, -0.25) is 9.36 Å². The summed E-state index contributed by atoms with van der Waals surface area (Å²) in [7, 11) is 0. The summed E-state index contributed by atoms with van der Waals surface area (Å²) < 4.78 is 1.71. The number of nitriles is 2. The number of nitrogens with zero attached hydrogens (tertiary/aromatic N) is 4. The Morgan fingerprint density at radius 3 is 2.54 bits per heavy atom. The number of rotatable bonds is 7. The maximum absolute atomic E-state index is 13.3. The van der Waals surface area contributed by atoms with Gasteiger partial charge in [-0.15, -0.1) is 0 Å². The van der Waals surface area contributed by atoms with Crippen LogP contribution in [-0.4, -0.2) is 15.3 Å². The van der Waals surface area contributed by atoms with Gasteiger partial charge >= 0.3 is 0 Å². The first-order valence-electron chi connectivity index (χ1n) is 9.11. The van der Waals surface area contributed by atoms with E-state index in [4.69, 9.17) is 10.2 Å². The summed E-state index contributed by atoms with van der Waals surface area (Å²) >= 11 is 1.40. The van der Waals surface area contributed by atoms with E-state index >= 15 is 0 Å². The van der Waals surface area contributed by atoms with Crippen molar-refractivity contribution in [2.45, 2.75) is 31.0 Å². The maximum atomic E-state index is 13.3. The van der Waals surface area contributed by atoms with Crippen molar-refractivity contribution in [3.63, 3.8) is 0 Å². The molecule has 1 aromatic heterocycles. The molecule has 0 aliphatic rings. The molecule has 1 heterocycles. The van der Waals surface area contributed by atoms with Crippen LogP contribution in [0.2, 0.25) is 0 Å². The van der Waals surface area contributed by atoms with Crippen molar-refractivity contribution in [2.24, 2.45) is 5.92 Å². The molecule has 140 valence electrons. The lowest BCUT2D eigenvalue weighted by Crippen LogP contribution is -2.27. The predicted molar refractivity (Wildman–Crippen MR) is 111 cm³/mol. The number of benzene rings is 2. The monoisotopic (exact) mass is 388 g/mol. The summed E-state index contributed by atoms with van der Waals surface area (Å²) in [6.45, 7) is 1.98. The molecule has 0 bridgehead atoms. The summed E-state index contributed by atoms with van der Waals surface area (Å²) in [5.74, 6) is 0.235. The minimum atomic E-state index is -0.256. The molecule has 0 aliphatic carbocycles. The highest BCUT2D eigenvalue weighted by Gasteiger charge is 2.19. The molecule has 2 aromatic carbocycles. The van der Waals surface area contributed by atoms with Crippen molar-refractivity contribution in [1.82, 2.24) is 9.55 Å². The molecular formula is C22H20N4OS. The lowest BCUT2D eigenvalue weighted by molar-refractivity contribution is 0.547. The first kappa shape index (κ1) is 19.7. The maximum Gasteiger partial charge on any atom is 0.262 e. The van der Waals surface area contributed by atoms with E-state index in [1.165, 1.54) is 11.8 Å². The van der Waals surface area contributed by atoms with E-state index in [1.807, 2.05) is 55.5 Å². The van der Waals surface area contributed by atoms with E-state index in [1.54, 1.807) is 10.6 Å². The van der Waals surface area contributed by atoms with Gasteiger partial charge in [0.15, 0.2) is 5.16 Å². The molecule has 0 radical (unpaired) electrons. The number of hydrogen-bond acceptors (Lipinski definition) is 5. The normalized spacial score (nSPS) is 12.8. The second kappa shape index (κ2) is 9.21. The van der Waals surface area contributed by atoms with Gasteiger partial charge in [-0.1, -0.05) is 54.2 Å². The fraction of sp³-hybridized carbons (Fsp3) is 0.273. The molecule has 0 amide bonds. The molecule has 28 heavy (non-hydrogen) atoms. The Morgan fingerprint density at radius 2 is 1.82 bits per heavy atom. The van der Waals surface area contributed by atoms with Crippen LogP contribution in [0.3, 0.4) is 0 Å². The van der Waals surface area contributed by atoms with Crippen LogP contribution < -0.4 is 5.56 Å². The number of fused-ring (bicyclic) bond motifs is 1. The van der Waals surface area contributed by atoms with Gasteiger partial charge in [-0.2, -0.15) is 10.5 Å². The second-order valence-corrected chi connectivity index (χ2v) is 7.49. The third-order valence-corrected chi connectivity index (χ3v) is 5.76. The summed E-state index contributed by atoms with van der Waals surface area (Å²) in [6.07, 6.45) is 0.864. The second-order valence-electron chi connectivity index (χ2n) is 6.51. The molecule has 6 heteroatoms. The predicted octanol–water partition coefficient (Wildman–Crippen LogP) is 4.54. The Labute approximate surface area is 168 Å². The van der Waals surface area contributed by atoms with Crippen LogP contribution in [0.25, 0.3) is 10.9 Å². The standard InChI is InChI=1S/C22H20N4OS/c1-16(18-9-3-2-4-10-18)26-21(27)19-11-5-6-12-20(19)25-22(26)28-15-17(14-24)8-7-13-23/h2-6,9-12,16-17H,7-8,15H2,1H3/t16-,17-/m1/s1. The molecule has 0 N–H and O–H groups in total. The van der Waals surface area contributed by atoms with Gasteiger partial charge in [0.25, 0.3) is 5.56 Å². The Morgan fingerprint density at radius 1 is 1.11 bits per heavy atom. The summed E-state index contributed by atoms with van der Waals surface area (Å²) in [5, 5.41) is 19.3. The summed E-state index contributed by atoms with van der Waals surface area (Å²) in [6, 6.07) is 21.3. The van der Waals surface area contributed by atoms with Crippen LogP contribution in [0.5, 0.6) is 0 Å². The average molecular weight is 388 g/mol. The van der Waals surface area contributed by atoms with E-state index in [9.17, 15) is 10.1 Å². The highest BCUT2D eigenvalue weighted by atomic mass is 32.2. The lowest BCUT2D eigenvalue weighted by atomic mass is 10.1. The molecule has 0 spiro atoms. The van der Waals surface area contributed by atoms with Crippen molar-refractivity contribution in [2.75, 3.05) is 5.75 Å². The average Bonchev–Trinajstić information content (AvgIpc) is 2.74. The SMILES string of the molecule is C[C@H](c1ccccc1)n1c(SC[C@@H](C#N)CCC#N)nc2ccccc2c1=O. The minimum absolute atomic E-state index is 0.0880. The van der Waals surface area contributed by atoms with Gasteiger partial charge in [0.2, 0.25) is 0 Å². The molecule has 0 aliphatic heterocycles. The molecule has 0 saturated heterocycles. The number of aromatic nitrogens is 2. The molecule has 3 rings (SSSR count). The molecule has 0 saturated carbocycles. The third-order valence-electron chi connectivity index (χ3n) is 4.65. The number of hydrogen-bond donors (Lipinski definition) is 0. The van der Waals surface area contributed by atoms with Crippen molar-refractivity contribution in [3.05, 3.63) is 70.5 Å². The van der Waals surface area contributed by atoms with E-state index in [0.717, 1.165) is 5.56 Å². The molecule has 0 fully saturated rings. The van der Waals surface area contributed by atoms with Crippen LogP contribution in [-0.2, 0) is 0 Å². The van der Waals surface area contributed by atoms with Gasteiger partial charge in [0.1, 0.15) is 0 Å². The van der Waals surface area contributed by atoms with Gasteiger partial charge in [0, 0.05) is 12.2 Å². The van der Waals surface area contributed by atoms with E-state index in [0.29, 0.717) is 34.7 Å². The number of para-hydroxylation sites is 1. The lowest BCUT2D eigenvalue weighted by Gasteiger charge is -2.20. The van der Waals surface area contributed by atoms with Crippen molar-refractivity contribution >= 4 is 22.7 Å². The van der Waals surface area contributed by atoms with Gasteiger partial charge in [-0.25, -0.2) is 4.98 Å². The highest BCUT2D eigenvalue weighted by molar-refractivity contribution is 7.99. The third kappa shape index (κ3) is 4.24. The fourth-order valence-corrected chi connectivity index (χ4v) is 4.18. The first-order chi connectivity index (χ1) is 13.7. The number of thioether (sulfide) groups is 1. The van der Waals surface area contributed by atoms with Gasteiger partial charge in [-0.05, 0) is 31.0 Å². The Hall–Kier alpha value is -3.09. The van der Waals surface area contributed by atoms with Crippen LogP contribution in [0.4, 0.5) is 0 Å². The zero-order chi connectivity index (χ0) is 19.9. The smallest absolute Gasteiger partial charge is 0.262 e. The van der Waals surface area contributed by atoms with E-state index < -0.39 is 0 Å². The van der Waals surface area contributed by atoms with Crippen molar-refractivity contribution < 1.29 is 0 Å². The van der Waals surface area contributed by atoms with Crippen LogP contribution >= 0.6 is 11.8 Å². The molecular weight excluding hydrogens is 368 g/mol. The topological polar surface area (TPSA) is 82.5 Å². The Bertz CT molecular complexity index is 1100. The zero-order valence-corrected chi connectivity index (χ0v) is 16.4. The molecule has 5 nitrogen and oxygen atoms in total. The van der Waals surface area contributed by atoms with Gasteiger partial charge < -0.3 is 0 Å². The molecule has 3 aromatic rings. The summed E-state index contributed by atoms with van der Waals surface area (Å²) in [4.78, 5) is 18.0. The largest absolute Gasteiger partial charge is 0.280 e. The van der Waals surface area contributed by atoms with Crippen molar-refractivity contribution in [3.8, 4) is 12.1 Å². The van der Waals surface area contributed by atoms with Crippen LogP contribution in [0.1, 0.15) is 31.4 Å².